The van der Waals surface area contributed by atoms with Gasteiger partial charge in [0.15, 0.2) is 6.61 Å². The second kappa shape index (κ2) is 9.80. The van der Waals surface area contributed by atoms with Gasteiger partial charge in [0.25, 0.3) is 5.91 Å². The Kier molecular flexibility index (Phi) is 6.68. The van der Waals surface area contributed by atoms with Gasteiger partial charge in [-0.05, 0) is 36.6 Å². The maximum absolute atomic E-state index is 12.7. The molecule has 31 heavy (non-hydrogen) atoms. The number of piperazine rings is 1. The highest BCUT2D eigenvalue weighted by Gasteiger charge is 2.28. The Balaban J connectivity index is 1.39. The van der Waals surface area contributed by atoms with Crippen LogP contribution < -0.4 is 4.74 Å². The maximum atomic E-state index is 12.7. The lowest BCUT2D eigenvalue weighted by atomic mass is 9.96. The molecule has 4 heteroatoms. The second-order valence-corrected chi connectivity index (χ2v) is 8.20. The van der Waals surface area contributed by atoms with Gasteiger partial charge >= 0.3 is 0 Å². The minimum absolute atomic E-state index is 0.0515. The smallest absolute Gasteiger partial charge is 0.260 e. The van der Waals surface area contributed by atoms with Gasteiger partial charge in [-0.25, -0.2) is 0 Å². The molecule has 1 amide bonds. The molecular weight excluding hydrogens is 384 g/mol. The molecule has 0 bridgehead atoms. The third-order valence-corrected chi connectivity index (χ3v) is 5.94. The molecule has 3 aromatic carbocycles. The van der Waals surface area contributed by atoms with Crippen LogP contribution in [0, 0.1) is 13.8 Å². The third kappa shape index (κ3) is 5.15. The van der Waals surface area contributed by atoms with Crippen LogP contribution in [0.2, 0.25) is 0 Å². The first-order chi connectivity index (χ1) is 15.1. The largest absolute Gasteiger partial charge is 0.484 e. The zero-order valence-electron chi connectivity index (χ0n) is 18.3. The summed E-state index contributed by atoms with van der Waals surface area (Å²) >= 11 is 0. The number of hydrogen-bond donors (Lipinski definition) is 0. The van der Waals surface area contributed by atoms with Crippen LogP contribution in [-0.4, -0.2) is 48.5 Å². The first-order valence-electron chi connectivity index (χ1n) is 10.9. The van der Waals surface area contributed by atoms with E-state index in [1.54, 1.807) is 0 Å². The predicted molar refractivity (Wildman–Crippen MR) is 124 cm³/mol. The minimum Gasteiger partial charge on any atom is -0.484 e. The van der Waals surface area contributed by atoms with Crippen molar-refractivity contribution < 1.29 is 9.53 Å². The number of ether oxygens (including phenoxy) is 1. The fraction of sp³-hybridized carbons (Fsp3) is 0.296. The number of rotatable bonds is 6. The zero-order valence-corrected chi connectivity index (χ0v) is 18.3. The van der Waals surface area contributed by atoms with E-state index in [-0.39, 0.29) is 18.6 Å². The van der Waals surface area contributed by atoms with Gasteiger partial charge in [-0.1, -0.05) is 78.4 Å². The molecule has 0 saturated carbocycles. The van der Waals surface area contributed by atoms with Crippen LogP contribution in [0.4, 0.5) is 0 Å². The number of benzene rings is 3. The van der Waals surface area contributed by atoms with Crippen molar-refractivity contribution in [3.05, 3.63) is 101 Å². The maximum Gasteiger partial charge on any atom is 0.260 e. The molecule has 0 aliphatic carbocycles. The first kappa shape index (κ1) is 21.1. The molecule has 0 aromatic heterocycles. The molecule has 0 unspecified atom stereocenters. The van der Waals surface area contributed by atoms with Gasteiger partial charge in [0.2, 0.25) is 0 Å². The van der Waals surface area contributed by atoms with E-state index in [2.05, 4.69) is 78.6 Å². The van der Waals surface area contributed by atoms with Crippen molar-refractivity contribution in [2.45, 2.75) is 19.9 Å². The van der Waals surface area contributed by atoms with Gasteiger partial charge in [-0.3, -0.25) is 9.69 Å². The van der Waals surface area contributed by atoms with Gasteiger partial charge in [0, 0.05) is 26.2 Å². The first-order valence-corrected chi connectivity index (χ1v) is 10.9. The Bertz CT molecular complexity index is 957. The lowest BCUT2D eigenvalue weighted by Crippen LogP contribution is -2.51. The lowest BCUT2D eigenvalue weighted by Gasteiger charge is -2.39. The van der Waals surface area contributed by atoms with Crippen LogP contribution in [0.5, 0.6) is 5.75 Å². The van der Waals surface area contributed by atoms with Crippen molar-refractivity contribution in [2.24, 2.45) is 0 Å². The van der Waals surface area contributed by atoms with Gasteiger partial charge < -0.3 is 9.64 Å². The van der Waals surface area contributed by atoms with E-state index in [1.807, 2.05) is 24.0 Å². The molecule has 0 radical (unpaired) electrons. The van der Waals surface area contributed by atoms with Crippen molar-refractivity contribution in [3.63, 3.8) is 0 Å². The monoisotopic (exact) mass is 414 g/mol. The molecule has 1 heterocycles. The standard InChI is InChI=1S/C27H30N2O2/c1-21-13-14-25(22(2)19-21)31-20-26(30)28-15-17-29(18-16-28)27(23-9-5-3-6-10-23)24-11-7-4-8-12-24/h3-14,19,27H,15-18,20H2,1-2H3. The molecule has 4 nitrogen and oxygen atoms in total. The van der Waals surface area contributed by atoms with E-state index in [0.29, 0.717) is 13.1 Å². The summed E-state index contributed by atoms with van der Waals surface area (Å²) < 4.78 is 5.81. The molecule has 4 rings (SSSR count). The number of amides is 1. The average Bonchev–Trinajstić information content (AvgIpc) is 2.80. The summed E-state index contributed by atoms with van der Waals surface area (Å²) in [7, 11) is 0. The Labute approximate surface area is 185 Å². The third-order valence-electron chi connectivity index (χ3n) is 5.94. The molecule has 0 spiro atoms. The van der Waals surface area contributed by atoms with Gasteiger partial charge in [0.05, 0.1) is 6.04 Å². The van der Waals surface area contributed by atoms with E-state index in [0.717, 1.165) is 24.4 Å². The van der Waals surface area contributed by atoms with Crippen LogP contribution in [0.15, 0.2) is 78.9 Å². The summed E-state index contributed by atoms with van der Waals surface area (Å²) in [6.07, 6.45) is 0. The van der Waals surface area contributed by atoms with Crippen molar-refractivity contribution in [1.82, 2.24) is 9.80 Å². The summed E-state index contributed by atoms with van der Waals surface area (Å²) in [6, 6.07) is 27.5. The van der Waals surface area contributed by atoms with Crippen molar-refractivity contribution in [2.75, 3.05) is 32.8 Å². The molecule has 1 aliphatic heterocycles. The van der Waals surface area contributed by atoms with E-state index in [1.165, 1.54) is 16.7 Å². The Morgan fingerprint density at radius 2 is 1.42 bits per heavy atom. The number of nitrogens with zero attached hydrogens (tertiary/aromatic N) is 2. The fourth-order valence-electron chi connectivity index (χ4n) is 4.31. The topological polar surface area (TPSA) is 32.8 Å². The van der Waals surface area contributed by atoms with E-state index >= 15 is 0 Å². The van der Waals surface area contributed by atoms with Crippen LogP contribution in [0.25, 0.3) is 0 Å². The zero-order chi connectivity index (χ0) is 21.6. The molecular formula is C27H30N2O2. The van der Waals surface area contributed by atoms with E-state index in [9.17, 15) is 4.79 Å². The fourth-order valence-corrected chi connectivity index (χ4v) is 4.31. The summed E-state index contributed by atoms with van der Waals surface area (Å²) in [5, 5.41) is 0. The van der Waals surface area contributed by atoms with Crippen molar-refractivity contribution in [3.8, 4) is 5.75 Å². The molecule has 160 valence electrons. The lowest BCUT2D eigenvalue weighted by molar-refractivity contribution is -0.135. The van der Waals surface area contributed by atoms with Crippen LogP contribution in [0.3, 0.4) is 0 Å². The predicted octanol–water partition coefficient (Wildman–Crippen LogP) is 4.62. The number of aryl methyl sites for hydroxylation is 2. The SMILES string of the molecule is Cc1ccc(OCC(=O)N2CCN(C(c3ccccc3)c3ccccc3)CC2)c(C)c1. The van der Waals surface area contributed by atoms with Crippen LogP contribution in [0.1, 0.15) is 28.3 Å². The molecule has 1 fully saturated rings. The average molecular weight is 415 g/mol. The molecule has 1 aliphatic rings. The highest BCUT2D eigenvalue weighted by atomic mass is 16.5. The summed E-state index contributed by atoms with van der Waals surface area (Å²) in [6.45, 7) is 7.26. The molecule has 3 aromatic rings. The van der Waals surface area contributed by atoms with E-state index < -0.39 is 0 Å². The summed E-state index contributed by atoms with van der Waals surface area (Å²) in [5.41, 5.74) is 4.82. The number of hydrogen-bond acceptors (Lipinski definition) is 3. The van der Waals surface area contributed by atoms with Gasteiger partial charge in [-0.15, -0.1) is 0 Å². The van der Waals surface area contributed by atoms with Crippen LogP contribution in [-0.2, 0) is 4.79 Å². The highest BCUT2D eigenvalue weighted by molar-refractivity contribution is 5.78. The van der Waals surface area contributed by atoms with Crippen LogP contribution >= 0.6 is 0 Å². The molecule has 0 atom stereocenters. The van der Waals surface area contributed by atoms with Crippen molar-refractivity contribution >= 4 is 5.91 Å². The minimum atomic E-state index is 0.0515. The summed E-state index contributed by atoms with van der Waals surface area (Å²) in [4.78, 5) is 17.1. The summed E-state index contributed by atoms with van der Waals surface area (Å²) in [5.74, 6) is 0.835. The quantitative estimate of drug-likeness (QED) is 0.590. The highest BCUT2D eigenvalue weighted by Crippen LogP contribution is 2.29. The van der Waals surface area contributed by atoms with E-state index in [4.69, 9.17) is 4.74 Å². The van der Waals surface area contributed by atoms with Gasteiger partial charge in [-0.2, -0.15) is 0 Å². The normalized spacial score (nSPS) is 14.6. The number of carbonyl (C=O) groups is 1. The van der Waals surface area contributed by atoms with Gasteiger partial charge in [0.1, 0.15) is 5.75 Å². The molecule has 0 N–H and O–H groups in total. The van der Waals surface area contributed by atoms with Crippen molar-refractivity contribution in [1.29, 1.82) is 0 Å². The number of carbonyl (C=O) groups excluding carboxylic acids is 1. The Morgan fingerprint density at radius 1 is 0.839 bits per heavy atom. The molecule has 1 saturated heterocycles. The Hall–Kier alpha value is -3.11. The second-order valence-electron chi connectivity index (χ2n) is 8.20. The Morgan fingerprint density at radius 3 is 1.97 bits per heavy atom.